The van der Waals surface area contributed by atoms with Crippen LogP contribution in [0.5, 0.6) is 0 Å². The quantitative estimate of drug-likeness (QED) is 0.744. The first-order valence-corrected chi connectivity index (χ1v) is 8.79. The number of halogens is 1. The van der Waals surface area contributed by atoms with Crippen LogP contribution >= 0.6 is 15.9 Å². The molecule has 0 aliphatic rings. The van der Waals surface area contributed by atoms with Crippen LogP contribution in [0.15, 0.2) is 50.2 Å². The lowest BCUT2D eigenvalue weighted by Gasteiger charge is -2.10. The number of benzene rings is 2. The van der Waals surface area contributed by atoms with Crippen molar-refractivity contribution in [3.05, 3.63) is 52.3 Å². The maximum Gasteiger partial charge on any atom is 0.262 e. The van der Waals surface area contributed by atoms with Gasteiger partial charge in [-0.25, -0.2) is 13.4 Å². The van der Waals surface area contributed by atoms with Gasteiger partial charge in [0.15, 0.2) is 11.5 Å². The van der Waals surface area contributed by atoms with Gasteiger partial charge in [-0.1, -0.05) is 22.0 Å². The molecule has 0 aliphatic heterocycles. The summed E-state index contributed by atoms with van der Waals surface area (Å²) in [6.45, 7) is 3.50. The van der Waals surface area contributed by atoms with Gasteiger partial charge in [-0.05, 0) is 42.8 Å². The third-order valence-corrected chi connectivity index (χ3v) is 5.20. The maximum absolute atomic E-state index is 12.5. The molecule has 22 heavy (non-hydrogen) atoms. The molecule has 1 aromatic heterocycles. The number of nitrogens with one attached hydrogen (secondary N) is 1. The number of anilines is 1. The molecule has 0 saturated carbocycles. The van der Waals surface area contributed by atoms with Crippen LogP contribution in [0.25, 0.3) is 11.1 Å². The fraction of sp³-hybridized carbons (Fsp3) is 0.133. The summed E-state index contributed by atoms with van der Waals surface area (Å²) >= 11 is 3.29. The van der Waals surface area contributed by atoms with Gasteiger partial charge in [-0.3, -0.25) is 4.72 Å². The summed E-state index contributed by atoms with van der Waals surface area (Å²) in [7, 11) is -3.67. The molecule has 7 heteroatoms. The first-order chi connectivity index (χ1) is 10.3. The van der Waals surface area contributed by atoms with Crippen molar-refractivity contribution in [2.45, 2.75) is 18.7 Å². The second-order valence-corrected chi connectivity index (χ2v) is 7.50. The van der Waals surface area contributed by atoms with Crippen LogP contribution in [0.3, 0.4) is 0 Å². The molecule has 5 nitrogen and oxygen atoms in total. The predicted molar refractivity (Wildman–Crippen MR) is 88.4 cm³/mol. The van der Waals surface area contributed by atoms with Crippen molar-refractivity contribution in [2.24, 2.45) is 0 Å². The Morgan fingerprint density at radius 1 is 1.14 bits per heavy atom. The lowest BCUT2D eigenvalue weighted by Crippen LogP contribution is -2.14. The summed E-state index contributed by atoms with van der Waals surface area (Å²) in [6.07, 6.45) is 0. The van der Waals surface area contributed by atoms with E-state index in [1.807, 2.05) is 0 Å². The zero-order valence-electron chi connectivity index (χ0n) is 11.9. The van der Waals surface area contributed by atoms with Crippen LogP contribution in [0.4, 0.5) is 5.69 Å². The molecule has 0 saturated heterocycles. The minimum Gasteiger partial charge on any atom is -0.441 e. The van der Waals surface area contributed by atoms with Crippen LogP contribution in [-0.4, -0.2) is 13.4 Å². The normalized spacial score (nSPS) is 11.8. The number of hydrogen-bond donors (Lipinski definition) is 1. The Morgan fingerprint density at radius 2 is 1.91 bits per heavy atom. The number of nitrogens with zero attached hydrogens (tertiary/aromatic N) is 1. The maximum atomic E-state index is 12.5. The minimum atomic E-state index is -3.67. The predicted octanol–water partition coefficient (Wildman–Crippen LogP) is 4.01. The van der Waals surface area contributed by atoms with E-state index in [0.29, 0.717) is 32.7 Å². The van der Waals surface area contributed by atoms with E-state index < -0.39 is 10.0 Å². The summed E-state index contributed by atoms with van der Waals surface area (Å²) in [5.74, 6) is 0.540. The Bertz CT molecular complexity index is 964. The topological polar surface area (TPSA) is 72.2 Å². The summed E-state index contributed by atoms with van der Waals surface area (Å²) in [6, 6.07) is 10.1. The molecular weight excluding hydrogens is 368 g/mol. The van der Waals surface area contributed by atoms with E-state index in [1.54, 1.807) is 50.2 Å². The molecule has 2 aromatic carbocycles. The van der Waals surface area contributed by atoms with Crippen molar-refractivity contribution in [3.63, 3.8) is 0 Å². The van der Waals surface area contributed by atoms with Gasteiger partial charge in [0.2, 0.25) is 0 Å². The largest absolute Gasteiger partial charge is 0.441 e. The Labute approximate surface area is 136 Å². The van der Waals surface area contributed by atoms with E-state index in [1.165, 1.54) is 0 Å². The zero-order valence-corrected chi connectivity index (χ0v) is 14.3. The van der Waals surface area contributed by atoms with Gasteiger partial charge in [0.05, 0.1) is 10.6 Å². The highest BCUT2D eigenvalue weighted by atomic mass is 79.9. The minimum absolute atomic E-state index is 0.235. The first-order valence-electron chi connectivity index (χ1n) is 6.51. The monoisotopic (exact) mass is 380 g/mol. The lowest BCUT2D eigenvalue weighted by atomic mass is 10.2. The average Bonchev–Trinajstić information content (AvgIpc) is 2.80. The van der Waals surface area contributed by atoms with E-state index in [-0.39, 0.29) is 4.90 Å². The Hall–Kier alpha value is -1.86. The highest BCUT2D eigenvalue weighted by Gasteiger charge is 2.18. The number of fused-ring (bicyclic) bond motifs is 1. The number of aryl methyl sites for hydroxylation is 2. The molecule has 0 unspecified atom stereocenters. The molecule has 114 valence electrons. The molecule has 3 aromatic rings. The lowest BCUT2D eigenvalue weighted by molar-refractivity contribution is 0.561. The number of sulfonamides is 1. The number of rotatable bonds is 3. The third kappa shape index (κ3) is 2.86. The Balaban J connectivity index is 2.00. The SMILES string of the molecule is Cc1nc2cc(NS(=O)(=O)c3cc(Br)ccc3C)ccc2o1. The van der Waals surface area contributed by atoms with Crippen molar-refractivity contribution in [1.82, 2.24) is 4.98 Å². The summed E-state index contributed by atoms with van der Waals surface area (Å²) in [5, 5.41) is 0. The smallest absolute Gasteiger partial charge is 0.262 e. The molecule has 3 rings (SSSR count). The first kappa shape index (κ1) is 15.1. The fourth-order valence-electron chi connectivity index (χ4n) is 2.18. The van der Waals surface area contributed by atoms with Gasteiger partial charge < -0.3 is 4.42 Å². The van der Waals surface area contributed by atoms with Gasteiger partial charge in [0.25, 0.3) is 10.0 Å². The van der Waals surface area contributed by atoms with Crippen LogP contribution < -0.4 is 4.72 Å². The Kier molecular flexibility index (Phi) is 3.70. The molecular formula is C15H13BrN2O3S. The standard InChI is InChI=1S/C15H13BrN2O3S/c1-9-3-4-11(16)7-15(9)22(19,20)18-12-5-6-14-13(8-12)17-10(2)21-14/h3-8,18H,1-2H3. The zero-order chi connectivity index (χ0) is 15.9. The van der Waals surface area contributed by atoms with E-state index in [4.69, 9.17) is 4.42 Å². The third-order valence-electron chi connectivity index (χ3n) is 3.19. The highest BCUT2D eigenvalue weighted by Crippen LogP contribution is 2.25. The summed E-state index contributed by atoms with van der Waals surface area (Å²) in [5.41, 5.74) is 2.36. The highest BCUT2D eigenvalue weighted by molar-refractivity contribution is 9.10. The molecule has 0 radical (unpaired) electrons. The summed E-state index contributed by atoms with van der Waals surface area (Å²) < 4.78 is 33.7. The second kappa shape index (κ2) is 5.40. The van der Waals surface area contributed by atoms with Crippen LogP contribution in [-0.2, 0) is 10.0 Å². The molecule has 0 atom stereocenters. The van der Waals surface area contributed by atoms with Crippen molar-refractivity contribution in [3.8, 4) is 0 Å². The second-order valence-electron chi connectivity index (χ2n) is 4.93. The fourth-order valence-corrected chi connectivity index (χ4v) is 4.01. The number of oxazole rings is 1. The van der Waals surface area contributed by atoms with Crippen LogP contribution in [0, 0.1) is 13.8 Å². The van der Waals surface area contributed by atoms with E-state index in [0.717, 1.165) is 0 Å². The molecule has 0 spiro atoms. The van der Waals surface area contributed by atoms with Gasteiger partial charge in [-0.2, -0.15) is 0 Å². The van der Waals surface area contributed by atoms with Gasteiger partial charge in [0.1, 0.15) is 5.52 Å². The van der Waals surface area contributed by atoms with Crippen LogP contribution in [0.1, 0.15) is 11.5 Å². The average molecular weight is 381 g/mol. The van der Waals surface area contributed by atoms with Crippen molar-refractivity contribution < 1.29 is 12.8 Å². The van der Waals surface area contributed by atoms with Gasteiger partial charge in [-0.15, -0.1) is 0 Å². The van der Waals surface area contributed by atoms with Crippen LogP contribution in [0.2, 0.25) is 0 Å². The molecule has 0 amide bonds. The summed E-state index contributed by atoms with van der Waals surface area (Å²) in [4.78, 5) is 4.43. The van der Waals surface area contributed by atoms with Crippen molar-refractivity contribution >= 4 is 42.7 Å². The molecule has 1 N–H and O–H groups in total. The van der Waals surface area contributed by atoms with Gasteiger partial charge in [0, 0.05) is 11.4 Å². The molecule has 1 heterocycles. The molecule has 0 aliphatic carbocycles. The van der Waals surface area contributed by atoms with Crippen molar-refractivity contribution in [2.75, 3.05) is 4.72 Å². The van der Waals surface area contributed by atoms with E-state index in [9.17, 15) is 8.42 Å². The van der Waals surface area contributed by atoms with E-state index >= 15 is 0 Å². The number of hydrogen-bond acceptors (Lipinski definition) is 4. The Morgan fingerprint density at radius 3 is 2.68 bits per heavy atom. The molecule has 0 bridgehead atoms. The molecule has 0 fully saturated rings. The van der Waals surface area contributed by atoms with Crippen molar-refractivity contribution in [1.29, 1.82) is 0 Å². The number of aromatic nitrogens is 1. The van der Waals surface area contributed by atoms with Gasteiger partial charge >= 0.3 is 0 Å². The van der Waals surface area contributed by atoms with E-state index in [2.05, 4.69) is 25.6 Å².